The lowest BCUT2D eigenvalue weighted by molar-refractivity contribution is 0.0987. The Morgan fingerprint density at radius 1 is 1.39 bits per heavy atom. The molecule has 0 aliphatic carbocycles. The van der Waals surface area contributed by atoms with Gasteiger partial charge in [0.2, 0.25) is 0 Å². The van der Waals surface area contributed by atoms with E-state index in [1.165, 1.54) is 14.1 Å². The maximum Gasteiger partial charge on any atom is 0.301 e. The first-order valence-electron chi connectivity index (χ1n) is 5.31. The molecule has 0 amide bonds. The van der Waals surface area contributed by atoms with Crippen molar-refractivity contribution < 1.29 is 13.2 Å². The second-order valence-corrected chi connectivity index (χ2v) is 6.51. The average Bonchev–Trinajstić information content (AvgIpc) is 2.30. The van der Waals surface area contributed by atoms with Gasteiger partial charge in [-0.2, -0.15) is 12.7 Å². The molecule has 0 aliphatic rings. The van der Waals surface area contributed by atoms with Crippen LogP contribution in [0.3, 0.4) is 0 Å². The maximum atomic E-state index is 11.7. The van der Waals surface area contributed by atoms with Gasteiger partial charge >= 0.3 is 10.2 Å². The molecule has 1 rings (SSSR count). The van der Waals surface area contributed by atoms with Crippen LogP contribution in [0.15, 0.2) is 22.7 Å². The van der Waals surface area contributed by atoms with Crippen LogP contribution in [0.1, 0.15) is 23.7 Å². The van der Waals surface area contributed by atoms with Gasteiger partial charge in [-0.25, -0.2) is 0 Å². The molecule has 0 unspecified atom stereocenters. The summed E-state index contributed by atoms with van der Waals surface area (Å²) in [4.78, 5) is 11.7. The van der Waals surface area contributed by atoms with E-state index in [0.29, 0.717) is 22.1 Å². The Morgan fingerprint density at radius 2 is 2.00 bits per heavy atom. The Balaban J connectivity index is 3.17. The van der Waals surface area contributed by atoms with E-state index < -0.39 is 10.2 Å². The largest absolute Gasteiger partial charge is 0.301 e. The molecule has 1 N–H and O–H groups in total. The summed E-state index contributed by atoms with van der Waals surface area (Å²) in [6.45, 7) is 1.76. The highest BCUT2D eigenvalue weighted by Gasteiger charge is 2.17. The van der Waals surface area contributed by atoms with Crippen LogP contribution in [0.4, 0.5) is 5.69 Å². The second-order valence-electron chi connectivity index (χ2n) is 3.83. The zero-order valence-electron chi connectivity index (χ0n) is 10.4. The van der Waals surface area contributed by atoms with Crippen LogP contribution in [-0.4, -0.2) is 32.6 Å². The summed E-state index contributed by atoms with van der Waals surface area (Å²) in [6.07, 6.45) is 0.364. The summed E-state index contributed by atoms with van der Waals surface area (Å²) < 4.78 is 27.4. The van der Waals surface area contributed by atoms with E-state index in [0.717, 1.165) is 4.31 Å². The highest BCUT2D eigenvalue weighted by molar-refractivity contribution is 9.10. The van der Waals surface area contributed by atoms with Gasteiger partial charge in [0.15, 0.2) is 5.78 Å². The molecular weight excluding hydrogens is 320 g/mol. The van der Waals surface area contributed by atoms with E-state index in [9.17, 15) is 13.2 Å². The van der Waals surface area contributed by atoms with Crippen molar-refractivity contribution in [2.75, 3.05) is 18.8 Å². The lowest BCUT2D eigenvalue weighted by atomic mass is 10.1. The lowest BCUT2D eigenvalue weighted by Gasteiger charge is -2.15. The molecule has 0 saturated carbocycles. The zero-order valence-corrected chi connectivity index (χ0v) is 12.8. The van der Waals surface area contributed by atoms with Crippen molar-refractivity contribution in [1.29, 1.82) is 0 Å². The smallest absolute Gasteiger partial charge is 0.294 e. The Kier molecular flexibility index (Phi) is 4.89. The molecule has 0 bridgehead atoms. The van der Waals surface area contributed by atoms with Gasteiger partial charge in [0.25, 0.3) is 0 Å². The van der Waals surface area contributed by atoms with Crippen molar-refractivity contribution >= 4 is 37.6 Å². The van der Waals surface area contributed by atoms with Crippen molar-refractivity contribution in [2.45, 2.75) is 13.3 Å². The fourth-order valence-electron chi connectivity index (χ4n) is 1.25. The monoisotopic (exact) mass is 334 g/mol. The normalized spacial score (nSPS) is 11.6. The first-order chi connectivity index (χ1) is 8.29. The molecular formula is C11H15BrN2O3S. The van der Waals surface area contributed by atoms with Crippen LogP contribution < -0.4 is 4.72 Å². The van der Waals surface area contributed by atoms with Crippen LogP contribution in [-0.2, 0) is 10.2 Å². The maximum absolute atomic E-state index is 11.7. The van der Waals surface area contributed by atoms with Crippen LogP contribution in [0.25, 0.3) is 0 Å². The molecule has 100 valence electrons. The van der Waals surface area contributed by atoms with E-state index in [1.807, 2.05) is 0 Å². The lowest BCUT2D eigenvalue weighted by Crippen LogP contribution is -2.29. The van der Waals surface area contributed by atoms with Crippen molar-refractivity contribution in [3.63, 3.8) is 0 Å². The SMILES string of the molecule is CCC(=O)c1cccc(NS(=O)(=O)N(C)C)c1Br. The summed E-state index contributed by atoms with van der Waals surface area (Å²) in [6, 6.07) is 4.89. The molecule has 0 spiro atoms. The second kappa shape index (κ2) is 5.81. The zero-order chi connectivity index (χ0) is 13.9. The Morgan fingerprint density at radius 3 is 2.50 bits per heavy atom. The highest BCUT2D eigenvalue weighted by Crippen LogP contribution is 2.28. The predicted octanol–water partition coefficient (Wildman–Crippen LogP) is 2.26. The first-order valence-corrected chi connectivity index (χ1v) is 7.55. The van der Waals surface area contributed by atoms with Crippen molar-refractivity contribution in [2.24, 2.45) is 0 Å². The topological polar surface area (TPSA) is 66.5 Å². The molecule has 0 fully saturated rings. The molecule has 1 aromatic carbocycles. The van der Waals surface area contributed by atoms with Gasteiger partial charge in [-0.1, -0.05) is 19.1 Å². The number of carbonyl (C=O) groups is 1. The molecule has 5 nitrogen and oxygen atoms in total. The van der Waals surface area contributed by atoms with E-state index in [2.05, 4.69) is 20.7 Å². The molecule has 0 saturated heterocycles. The quantitative estimate of drug-likeness (QED) is 0.840. The summed E-state index contributed by atoms with van der Waals surface area (Å²) in [5, 5.41) is 0. The van der Waals surface area contributed by atoms with Gasteiger partial charge in [-0.15, -0.1) is 0 Å². The number of rotatable bonds is 5. The highest BCUT2D eigenvalue weighted by atomic mass is 79.9. The number of hydrogen-bond acceptors (Lipinski definition) is 3. The number of Topliss-reactive ketones (excluding diaryl/α,β-unsaturated/α-hetero) is 1. The fraction of sp³-hybridized carbons (Fsp3) is 0.364. The molecule has 0 heterocycles. The van der Waals surface area contributed by atoms with Gasteiger partial charge in [0, 0.05) is 26.1 Å². The minimum atomic E-state index is -3.58. The third-order valence-corrected chi connectivity index (χ3v) is 4.63. The first kappa shape index (κ1) is 15.1. The fourth-order valence-corrected chi connectivity index (χ4v) is 2.59. The third kappa shape index (κ3) is 3.30. The minimum Gasteiger partial charge on any atom is -0.294 e. The Bertz CT molecular complexity index is 555. The molecule has 0 aliphatic heterocycles. The molecule has 0 aromatic heterocycles. The molecule has 18 heavy (non-hydrogen) atoms. The van der Waals surface area contributed by atoms with E-state index in [1.54, 1.807) is 25.1 Å². The number of ketones is 1. The minimum absolute atomic E-state index is 0.0484. The summed E-state index contributed by atoms with van der Waals surface area (Å²) in [5.41, 5.74) is 0.819. The third-order valence-electron chi connectivity index (χ3n) is 2.34. The van der Waals surface area contributed by atoms with Gasteiger partial charge < -0.3 is 0 Å². The van der Waals surface area contributed by atoms with Crippen LogP contribution in [0.2, 0.25) is 0 Å². The number of nitrogens with one attached hydrogen (secondary N) is 1. The number of anilines is 1. The van der Waals surface area contributed by atoms with Crippen LogP contribution in [0.5, 0.6) is 0 Å². The van der Waals surface area contributed by atoms with Gasteiger partial charge in [-0.3, -0.25) is 9.52 Å². The number of carbonyl (C=O) groups excluding carboxylic acids is 1. The van der Waals surface area contributed by atoms with Crippen LogP contribution >= 0.6 is 15.9 Å². The summed E-state index contributed by atoms with van der Waals surface area (Å²) in [7, 11) is -0.725. The number of hydrogen-bond donors (Lipinski definition) is 1. The average molecular weight is 335 g/mol. The molecule has 0 atom stereocenters. The molecule has 0 radical (unpaired) electrons. The number of nitrogens with zero attached hydrogens (tertiary/aromatic N) is 1. The Hall–Kier alpha value is -0.920. The summed E-state index contributed by atoms with van der Waals surface area (Å²) in [5.74, 6) is -0.0484. The number of benzene rings is 1. The Labute approximate surface area is 115 Å². The van der Waals surface area contributed by atoms with E-state index in [-0.39, 0.29) is 5.78 Å². The molecule has 1 aromatic rings. The van der Waals surface area contributed by atoms with Crippen molar-refractivity contribution in [1.82, 2.24) is 4.31 Å². The van der Waals surface area contributed by atoms with Gasteiger partial charge in [0.1, 0.15) is 0 Å². The van der Waals surface area contributed by atoms with Crippen molar-refractivity contribution in [3.8, 4) is 0 Å². The van der Waals surface area contributed by atoms with E-state index in [4.69, 9.17) is 0 Å². The molecule has 7 heteroatoms. The van der Waals surface area contributed by atoms with Gasteiger partial charge in [0.05, 0.1) is 10.2 Å². The summed E-state index contributed by atoms with van der Waals surface area (Å²) >= 11 is 3.26. The van der Waals surface area contributed by atoms with Gasteiger partial charge in [-0.05, 0) is 22.0 Å². The predicted molar refractivity (Wildman–Crippen MR) is 75.0 cm³/mol. The van der Waals surface area contributed by atoms with Crippen molar-refractivity contribution in [3.05, 3.63) is 28.2 Å². The standard InChI is InChI=1S/C11H15BrN2O3S/c1-4-10(15)8-6-5-7-9(11(8)12)13-18(16,17)14(2)3/h5-7,13H,4H2,1-3H3. The van der Waals surface area contributed by atoms with E-state index >= 15 is 0 Å². The number of halogens is 1. The van der Waals surface area contributed by atoms with Crippen LogP contribution in [0, 0.1) is 0 Å².